The Balaban J connectivity index is 2.36. The molecule has 1 aromatic rings. The lowest BCUT2D eigenvalue weighted by Gasteiger charge is -2.31. The first-order chi connectivity index (χ1) is 38.7. The summed E-state index contributed by atoms with van der Waals surface area (Å²) < 4.78 is 5.59. The van der Waals surface area contributed by atoms with Gasteiger partial charge in [-0.05, 0) is 69.4 Å². The average Bonchev–Trinajstić information content (AvgIpc) is 3.64. The number of nitrogens with one attached hydrogen (secondary N) is 11. The van der Waals surface area contributed by atoms with Gasteiger partial charge < -0.3 is 79.2 Å². The van der Waals surface area contributed by atoms with E-state index in [1.807, 2.05) is 30.3 Å². The number of rotatable bonds is 31. The number of primary amides is 1. The van der Waals surface area contributed by atoms with E-state index in [1.54, 1.807) is 62.4 Å². The molecule has 11 amide bonds. The van der Waals surface area contributed by atoms with Gasteiger partial charge in [-0.2, -0.15) is 0 Å². The van der Waals surface area contributed by atoms with E-state index >= 15 is 0 Å². The van der Waals surface area contributed by atoms with Gasteiger partial charge in [0.05, 0.1) is 25.8 Å². The molecule has 15 N–H and O–H groups in total. The molecule has 0 aromatic heterocycles. The number of cyclic esters (lactones) is 1. The van der Waals surface area contributed by atoms with Crippen LogP contribution in [0.5, 0.6) is 0 Å². The van der Waals surface area contributed by atoms with Crippen LogP contribution in [-0.4, -0.2) is 174 Å². The second-order valence-electron chi connectivity index (χ2n) is 21.0. The highest BCUT2D eigenvalue weighted by molar-refractivity contribution is 5.99. The van der Waals surface area contributed by atoms with Crippen molar-refractivity contribution >= 4 is 70.9 Å². The maximum absolute atomic E-state index is 14.3. The highest BCUT2D eigenvalue weighted by Gasteiger charge is 2.40. The number of aryl methyl sites for hydroxylation is 1. The van der Waals surface area contributed by atoms with Crippen LogP contribution < -0.4 is 64.2 Å². The molecule has 1 aliphatic rings. The molecule has 0 unspecified atom stereocenters. The number of carbonyl (C=O) groups excluding carboxylic acids is 12. The molecule has 0 spiro atoms. The molecule has 15 atom stereocenters. The summed E-state index contributed by atoms with van der Waals surface area (Å²) in [5.41, 5.74) is 6.44. The lowest BCUT2D eigenvalue weighted by Crippen LogP contribution is -2.63. The van der Waals surface area contributed by atoms with Crippen LogP contribution in [0.2, 0.25) is 0 Å². The normalized spacial score (nSPS) is 20.9. The summed E-state index contributed by atoms with van der Waals surface area (Å²) in [6, 6.07) is -4.45. The summed E-state index contributed by atoms with van der Waals surface area (Å²) in [5.74, 6) is -12.8. The molecular formula is C55H90N12O15. The zero-order valence-electron chi connectivity index (χ0n) is 49.1. The first-order valence-electron chi connectivity index (χ1n) is 28.1. The summed E-state index contributed by atoms with van der Waals surface area (Å²) in [4.78, 5) is 162. The van der Waals surface area contributed by atoms with Crippen molar-refractivity contribution < 1.29 is 72.5 Å². The van der Waals surface area contributed by atoms with E-state index < -0.39 is 194 Å². The maximum Gasteiger partial charge on any atom is 0.329 e. The van der Waals surface area contributed by atoms with Crippen molar-refractivity contribution in [3.05, 3.63) is 35.9 Å². The van der Waals surface area contributed by atoms with E-state index in [2.05, 4.69) is 58.5 Å². The number of aliphatic hydroxyl groups is 2. The molecule has 1 aromatic carbocycles. The number of nitrogens with two attached hydrogens (primary N) is 1. The van der Waals surface area contributed by atoms with Crippen LogP contribution in [0.3, 0.4) is 0 Å². The van der Waals surface area contributed by atoms with Crippen molar-refractivity contribution in [2.75, 3.05) is 26.8 Å². The quantitative estimate of drug-likeness (QED) is 0.0331. The molecule has 27 heteroatoms. The van der Waals surface area contributed by atoms with Crippen LogP contribution in [0.15, 0.2) is 30.3 Å². The van der Waals surface area contributed by atoms with Gasteiger partial charge in [-0.25, -0.2) is 4.79 Å². The lowest BCUT2D eigenvalue weighted by atomic mass is 9.94. The fraction of sp³-hybridized carbons (Fsp3) is 0.673. The molecule has 0 aliphatic carbocycles. The van der Waals surface area contributed by atoms with Crippen LogP contribution in [-0.2, 0) is 68.7 Å². The largest absolute Gasteiger partial charge is 0.458 e. The number of hydrogen-bond acceptors (Lipinski definition) is 16. The second kappa shape index (κ2) is 35.6. The van der Waals surface area contributed by atoms with Crippen molar-refractivity contribution in [2.24, 2.45) is 29.4 Å². The van der Waals surface area contributed by atoms with Gasteiger partial charge >= 0.3 is 5.97 Å². The fourth-order valence-corrected chi connectivity index (χ4v) is 8.52. The Kier molecular flexibility index (Phi) is 30.7. The Morgan fingerprint density at radius 1 is 0.610 bits per heavy atom. The van der Waals surface area contributed by atoms with Crippen molar-refractivity contribution in [1.29, 1.82) is 0 Å². The molecule has 82 heavy (non-hydrogen) atoms. The molecule has 0 bridgehead atoms. The third-order valence-electron chi connectivity index (χ3n) is 14.9. The van der Waals surface area contributed by atoms with E-state index in [9.17, 15) is 67.7 Å². The van der Waals surface area contributed by atoms with Gasteiger partial charge in [-0.15, -0.1) is 0 Å². The Labute approximate surface area is 479 Å². The molecule has 460 valence electrons. The van der Waals surface area contributed by atoms with Crippen molar-refractivity contribution in [1.82, 2.24) is 58.5 Å². The highest BCUT2D eigenvalue weighted by atomic mass is 16.5. The number of carbonyl (C=O) groups is 12. The van der Waals surface area contributed by atoms with Crippen LogP contribution >= 0.6 is 0 Å². The van der Waals surface area contributed by atoms with E-state index in [-0.39, 0.29) is 12.8 Å². The number of ether oxygens (including phenoxy) is 1. The molecule has 1 aliphatic heterocycles. The van der Waals surface area contributed by atoms with E-state index in [0.29, 0.717) is 25.7 Å². The summed E-state index contributed by atoms with van der Waals surface area (Å²) in [5, 5.41) is 48.8. The van der Waals surface area contributed by atoms with Gasteiger partial charge in [-0.1, -0.05) is 111 Å². The predicted molar refractivity (Wildman–Crippen MR) is 300 cm³/mol. The molecular weight excluding hydrogens is 1070 g/mol. The number of esters is 1. The second-order valence-corrected chi connectivity index (χ2v) is 21.0. The van der Waals surface area contributed by atoms with Gasteiger partial charge in [0.2, 0.25) is 65.0 Å². The van der Waals surface area contributed by atoms with Crippen molar-refractivity contribution in [2.45, 2.75) is 187 Å². The Morgan fingerprint density at radius 3 is 1.55 bits per heavy atom. The zero-order chi connectivity index (χ0) is 62.0. The van der Waals surface area contributed by atoms with Crippen LogP contribution in [0.25, 0.3) is 0 Å². The third kappa shape index (κ3) is 22.2. The molecule has 1 saturated heterocycles. The number of hydrogen-bond donors (Lipinski definition) is 14. The predicted octanol–water partition coefficient (Wildman–Crippen LogP) is -2.91. The fourth-order valence-electron chi connectivity index (χ4n) is 8.52. The maximum atomic E-state index is 14.3. The average molecular weight is 1160 g/mol. The molecule has 0 radical (unpaired) electrons. The first-order valence-corrected chi connectivity index (χ1v) is 28.1. The van der Waals surface area contributed by atoms with E-state index in [4.69, 9.17) is 10.5 Å². The van der Waals surface area contributed by atoms with Crippen molar-refractivity contribution in [3.8, 4) is 0 Å². The minimum Gasteiger partial charge on any atom is -0.458 e. The standard InChI is InChI=1S/C55H90N12O15/c1-12-28(5)41(64-47(73)35(57-11)22-21-34-19-17-16-18-20-34)51(77)61-37(26-68)49(75)60-36(23-24-39(56)70)48(74)65-43(30(7)14-3)53(79)66-42(29(6)13-2)52(78)62-38(27-69)50(76)67-45-33(10)82-55(81)44(31(8)15-4)63-40(71)25-58-46(72)32(9)59-54(45)80/h16-20,28-33,35-38,41-45,57,68-69H,12-15,21-27H2,1-11H3,(H2,56,70)(H,58,72)(H,59,80)(H,60,75)(H,61,77)(H,62,78)(H,63,71)(H,64,73)(H,65,74)(H,66,79)(H,67,76)/t28-,29-,30+,31-,32-,33-,35+,36+,37-,38-,41-,42-,43+,44-,45+/m0/s1. The zero-order valence-corrected chi connectivity index (χ0v) is 49.1. The van der Waals surface area contributed by atoms with Crippen molar-refractivity contribution in [3.63, 3.8) is 0 Å². The Morgan fingerprint density at radius 2 is 1.07 bits per heavy atom. The Hall–Kier alpha value is -7.26. The molecule has 1 fully saturated rings. The molecule has 0 saturated carbocycles. The monoisotopic (exact) mass is 1160 g/mol. The minimum absolute atomic E-state index is 0.267. The summed E-state index contributed by atoms with van der Waals surface area (Å²) >= 11 is 0. The van der Waals surface area contributed by atoms with Gasteiger partial charge in [0.1, 0.15) is 60.5 Å². The lowest BCUT2D eigenvalue weighted by molar-refractivity contribution is -0.157. The molecule has 1 heterocycles. The topological polar surface area (TPSA) is 413 Å². The van der Waals surface area contributed by atoms with Crippen LogP contribution in [0.4, 0.5) is 0 Å². The van der Waals surface area contributed by atoms with Crippen LogP contribution in [0.1, 0.15) is 120 Å². The number of aliphatic hydroxyl groups excluding tert-OH is 2. The highest BCUT2D eigenvalue weighted by Crippen LogP contribution is 2.17. The van der Waals surface area contributed by atoms with Gasteiger partial charge in [-0.3, -0.25) is 52.7 Å². The number of likely N-dealkylation sites (N-methyl/N-ethyl adjacent to an activating group) is 1. The number of benzene rings is 1. The van der Waals surface area contributed by atoms with Gasteiger partial charge in [0.15, 0.2) is 0 Å². The summed E-state index contributed by atoms with van der Waals surface area (Å²) in [7, 11) is 1.61. The Bertz CT molecular complexity index is 2350. The third-order valence-corrected chi connectivity index (χ3v) is 14.9. The molecule has 27 nitrogen and oxygen atoms in total. The van der Waals surface area contributed by atoms with Gasteiger partial charge in [0, 0.05) is 6.42 Å². The number of amides is 11. The first kappa shape index (κ1) is 70.8. The van der Waals surface area contributed by atoms with E-state index in [0.717, 1.165) is 5.56 Å². The SMILES string of the molecule is CC[C@@H](C)[C@@H](NC(=O)[C@@H](CCC(N)=O)NC(=O)[C@H](CO)NC(=O)[C@@H](NC(=O)[C@@H](CCc1ccccc1)NC)[C@@H](C)CC)C(=O)N[C@H](C(=O)N[C@@H](CO)C(=O)N[C@H]1C(=O)N[C@@H](C)C(=O)NCC(=O)N[C@@H]([C@@H](C)CC)C(=O)O[C@H]1C)[C@@H](C)CC. The summed E-state index contributed by atoms with van der Waals surface area (Å²) in [6.45, 7) is 13.6. The molecule has 2 rings (SSSR count). The smallest absolute Gasteiger partial charge is 0.329 e. The van der Waals surface area contributed by atoms with Crippen LogP contribution in [0, 0.1) is 23.7 Å². The van der Waals surface area contributed by atoms with Gasteiger partial charge in [0.25, 0.3) is 0 Å². The van der Waals surface area contributed by atoms with E-state index in [1.165, 1.54) is 13.8 Å². The summed E-state index contributed by atoms with van der Waals surface area (Å²) in [6.07, 6.45) is 0.0656. The minimum atomic E-state index is -1.79.